The maximum absolute atomic E-state index is 12.3. The topological polar surface area (TPSA) is 75.6 Å². The molecule has 0 radical (unpaired) electrons. The van der Waals surface area contributed by atoms with Crippen LogP contribution in [0.2, 0.25) is 5.02 Å². The van der Waals surface area contributed by atoms with E-state index in [1.54, 1.807) is 6.20 Å². The Labute approximate surface area is 171 Å². The van der Waals surface area contributed by atoms with Crippen LogP contribution in [0.1, 0.15) is 11.1 Å². The lowest BCUT2D eigenvalue weighted by atomic mass is 10.1. The van der Waals surface area contributed by atoms with Gasteiger partial charge in [0.2, 0.25) is 10.0 Å². The second kappa shape index (κ2) is 8.73. The van der Waals surface area contributed by atoms with Crippen LogP contribution in [0.5, 0.6) is 0 Å². The van der Waals surface area contributed by atoms with Gasteiger partial charge in [-0.3, -0.25) is 4.98 Å². The number of aromatic nitrogens is 2. The molecular formula is C19H25ClN4O3S. The number of halogens is 1. The van der Waals surface area contributed by atoms with Crippen LogP contribution in [0.25, 0.3) is 11.3 Å². The molecule has 0 saturated carbocycles. The molecule has 1 saturated heterocycles. The summed E-state index contributed by atoms with van der Waals surface area (Å²) in [4.78, 5) is 11.1. The van der Waals surface area contributed by atoms with Crippen LogP contribution in [0.4, 0.5) is 5.82 Å². The van der Waals surface area contributed by atoms with E-state index < -0.39 is 10.0 Å². The molecule has 9 heteroatoms. The Balaban J connectivity index is 1.77. The first kappa shape index (κ1) is 21.0. The third-order valence-corrected chi connectivity index (χ3v) is 6.95. The van der Waals surface area contributed by atoms with Gasteiger partial charge in [-0.25, -0.2) is 13.4 Å². The number of pyridine rings is 2. The Hall–Kier alpha value is -1.74. The second-order valence-electron chi connectivity index (χ2n) is 6.90. The molecule has 0 atom stereocenters. The molecule has 0 spiro atoms. The summed E-state index contributed by atoms with van der Waals surface area (Å²) in [5, 5.41) is 0.545. The summed E-state index contributed by atoms with van der Waals surface area (Å²) in [7, 11) is -1.79. The van der Waals surface area contributed by atoms with Crippen molar-refractivity contribution in [2.75, 3.05) is 50.5 Å². The number of piperazine rings is 1. The van der Waals surface area contributed by atoms with E-state index in [0.717, 1.165) is 28.2 Å². The number of aryl methyl sites for hydroxylation is 2. The molecule has 28 heavy (non-hydrogen) atoms. The predicted octanol–water partition coefficient (Wildman–Crippen LogP) is 2.51. The van der Waals surface area contributed by atoms with E-state index in [1.165, 1.54) is 11.4 Å². The standard InChI is InChI=1S/C19H25ClN4O3S/c1-14-10-15(2)19(22-12-14)16-11-18(21-13-17(16)20)23-4-6-24(7-5-23)28(25,26)9-8-27-3/h10-13H,4-9H2,1-3H3. The molecular weight excluding hydrogens is 400 g/mol. The molecule has 0 unspecified atom stereocenters. The molecule has 0 N–H and O–H groups in total. The average molecular weight is 425 g/mol. The number of anilines is 1. The zero-order valence-corrected chi connectivity index (χ0v) is 17.9. The SMILES string of the molecule is COCCS(=O)(=O)N1CCN(c2cc(-c3ncc(C)cc3C)c(Cl)cn2)CC1. The Morgan fingerprint density at radius 1 is 1.11 bits per heavy atom. The lowest BCUT2D eigenvalue weighted by Gasteiger charge is -2.34. The molecule has 3 rings (SSSR count). The third-order valence-electron chi connectivity index (χ3n) is 4.81. The molecule has 7 nitrogen and oxygen atoms in total. The van der Waals surface area contributed by atoms with Gasteiger partial charge in [0.15, 0.2) is 0 Å². The van der Waals surface area contributed by atoms with Gasteiger partial charge >= 0.3 is 0 Å². The fourth-order valence-electron chi connectivity index (χ4n) is 3.29. The van der Waals surface area contributed by atoms with Gasteiger partial charge in [0.05, 0.1) is 23.1 Å². The largest absolute Gasteiger partial charge is 0.384 e. The second-order valence-corrected chi connectivity index (χ2v) is 9.39. The lowest BCUT2D eigenvalue weighted by Crippen LogP contribution is -2.49. The monoisotopic (exact) mass is 424 g/mol. The van der Waals surface area contributed by atoms with Gasteiger partial charge in [-0.2, -0.15) is 4.31 Å². The van der Waals surface area contributed by atoms with Crippen molar-refractivity contribution in [3.05, 3.63) is 40.7 Å². The fraction of sp³-hybridized carbons (Fsp3) is 0.474. The highest BCUT2D eigenvalue weighted by Gasteiger charge is 2.27. The number of hydrogen-bond donors (Lipinski definition) is 0. The number of sulfonamides is 1. The molecule has 0 amide bonds. The van der Waals surface area contributed by atoms with Gasteiger partial charge in [-0.05, 0) is 31.0 Å². The predicted molar refractivity (Wildman–Crippen MR) is 111 cm³/mol. The Morgan fingerprint density at radius 3 is 2.46 bits per heavy atom. The van der Waals surface area contributed by atoms with Crippen molar-refractivity contribution in [1.29, 1.82) is 0 Å². The molecule has 2 aromatic heterocycles. The maximum atomic E-state index is 12.3. The first-order valence-corrected chi connectivity index (χ1v) is 11.1. The minimum atomic E-state index is -3.29. The number of methoxy groups -OCH3 is 1. The normalized spacial score (nSPS) is 15.8. The van der Waals surface area contributed by atoms with Gasteiger partial charge in [0.25, 0.3) is 0 Å². The summed E-state index contributed by atoms with van der Waals surface area (Å²) < 4.78 is 31.1. The van der Waals surface area contributed by atoms with E-state index in [0.29, 0.717) is 31.2 Å². The van der Waals surface area contributed by atoms with E-state index in [4.69, 9.17) is 16.3 Å². The number of nitrogens with zero attached hydrogens (tertiary/aromatic N) is 4. The van der Waals surface area contributed by atoms with Crippen LogP contribution in [-0.2, 0) is 14.8 Å². The number of rotatable bonds is 6. The first-order chi connectivity index (χ1) is 13.3. The minimum absolute atomic E-state index is 0.00517. The summed E-state index contributed by atoms with van der Waals surface area (Å²) in [6, 6.07) is 4.00. The van der Waals surface area contributed by atoms with Crippen LogP contribution in [-0.4, -0.2) is 68.3 Å². The van der Waals surface area contributed by atoms with Crippen LogP contribution in [0.15, 0.2) is 24.5 Å². The van der Waals surface area contributed by atoms with Crippen molar-refractivity contribution < 1.29 is 13.2 Å². The average Bonchev–Trinajstić information content (AvgIpc) is 2.67. The van der Waals surface area contributed by atoms with Crippen molar-refractivity contribution in [3.63, 3.8) is 0 Å². The molecule has 1 fully saturated rings. The van der Waals surface area contributed by atoms with Crippen molar-refractivity contribution >= 4 is 27.4 Å². The van der Waals surface area contributed by atoms with E-state index in [9.17, 15) is 8.42 Å². The summed E-state index contributed by atoms with van der Waals surface area (Å²) >= 11 is 6.39. The summed E-state index contributed by atoms with van der Waals surface area (Å²) in [6.45, 7) is 6.20. The summed E-state index contributed by atoms with van der Waals surface area (Å²) in [6.07, 6.45) is 3.46. The zero-order valence-electron chi connectivity index (χ0n) is 16.4. The molecule has 0 bridgehead atoms. The van der Waals surface area contributed by atoms with E-state index in [-0.39, 0.29) is 12.4 Å². The Morgan fingerprint density at radius 2 is 1.82 bits per heavy atom. The fourth-order valence-corrected chi connectivity index (χ4v) is 4.84. The van der Waals surface area contributed by atoms with Crippen molar-refractivity contribution in [1.82, 2.24) is 14.3 Å². The van der Waals surface area contributed by atoms with Gasteiger partial charge in [0, 0.05) is 51.2 Å². The number of hydrogen-bond acceptors (Lipinski definition) is 6. The van der Waals surface area contributed by atoms with Crippen molar-refractivity contribution in [3.8, 4) is 11.3 Å². The highest BCUT2D eigenvalue weighted by molar-refractivity contribution is 7.89. The van der Waals surface area contributed by atoms with Crippen LogP contribution in [0.3, 0.4) is 0 Å². The smallest absolute Gasteiger partial charge is 0.216 e. The third kappa shape index (κ3) is 4.63. The Kier molecular flexibility index (Phi) is 6.54. The van der Waals surface area contributed by atoms with Crippen molar-refractivity contribution in [2.24, 2.45) is 0 Å². The molecule has 2 aromatic rings. The molecule has 0 aromatic carbocycles. The van der Waals surface area contributed by atoms with Gasteiger partial charge < -0.3 is 9.64 Å². The Bertz CT molecular complexity index is 944. The van der Waals surface area contributed by atoms with E-state index in [1.807, 2.05) is 26.1 Å². The molecule has 1 aliphatic rings. The quantitative estimate of drug-likeness (QED) is 0.709. The van der Waals surface area contributed by atoms with Crippen LogP contribution >= 0.6 is 11.6 Å². The van der Waals surface area contributed by atoms with Crippen LogP contribution in [0, 0.1) is 13.8 Å². The van der Waals surface area contributed by atoms with Gasteiger partial charge in [0.1, 0.15) is 5.82 Å². The molecule has 0 aliphatic carbocycles. The maximum Gasteiger partial charge on any atom is 0.216 e. The minimum Gasteiger partial charge on any atom is -0.384 e. The van der Waals surface area contributed by atoms with Gasteiger partial charge in [-0.15, -0.1) is 0 Å². The highest BCUT2D eigenvalue weighted by Crippen LogP contribution is 2.31. The van der Waals surface area contributed by atoms with Crippen molar-refractivity contribution in [2.45, 2.75) is 13.8 Å². The molecule has 152 valence electrons. The summed E-state index contributed by atoms with van der Waals surface area (Å²) in [5.41, 5.74) is 3.81. The van der Waals surface area contributed by atoms with Gasteiger partial charge in [-0.1, -0.05) is 17.7 Å². The number of ether oxygens (including phenoxy) is 1. The highest BCUT2D eigenvalue weighted by atomic mass is 35.5. The molecule has 3 heterocycles. The lowest BCUT2D eigenvalue weighted by molar-refractivity contribution is 0.215. The van der Waals surface area contributed by atoms with Crippen LogP contribution < -0.4 is 4.90 Å². The zero-order chi connectivity index (χ0) is 20.3. The summed E-state index contributed by atoms with van der Waals surface area (Å²) in [5.74, 6) is 0.778. The first-order valence-electron chi connectivity index (χ1n) is 9.12. The molecule has 1 aliphatic heterocycles. The van der Waals surface area contributed by atoms with E-state index >= 15 is 0 Å². The van der Waals surface area contributed by atoms with E-state index in [2.05, 4.69) is 20.9 Å².